The summed E-state index contributed by atoms with van der Waals surface area (Å²) >= 11 is 0. The third kappa shape index (κ3) is 2.81. The summed E-state index contributed by atoms with van der Waals surface area (Å²) in [6, 6.07) is 9.20. The number of esters is 1. The van der Waals surface area contributed by atoms with Crippen LogP contribution in [0.25, 0.3) is 0 Å². The lowest BCUT2D eigenvalue weighted by Gasteiger charge is -2.38. The molecule has 1 aliphatic heterocycles. The van der Waals surface area contributed by atoms with Crippen LogP contribution < -0.4 is 0 Å². The number of sulfonamides is 1. The zero-order chi connectivity index (χ0) is 23.2. The van der Waals surface area contributed by atoms with Gasteiger partial charge in [-0.3, -0.25) is 9.59 Å². The Morgan fingerprint density at radius 1 is 1.06 bits per heavy atom. The number of hydrogen-bond donors (Lipinski definition) is 0. The maximum absolute atomic E-state index is 14.0. The molecule has 6 nitrogen and oxygen atoms in total. The lowest BCUT2D eigenvalue weighted by atomic mass is 9.69. The van der Waals surface area contributed by atoms with Crippen molar-refractivity contribution in [2.24, 2.45) is 40.4 Å². The third-order valence-electron chi connectivity index (χ3n) is 9.87. The maximum Gasteiger partial charge on any atom is 0.310 e. The molecule has 5 aliphatic rings. The Balaban J connectivity index is 1.28. The van der Waals surface area contributed by atoms with E-state index in [-0.39, 0.29) is 47.0 Å². The second-order valence-electron chi connectivity index (χ2n) is 11.3. The van der Waals surface area contributed by atoms with E-state index in [2.05, 4.69) is 13.8 Å². The Bertz CT molecular complexity index is 1140. The molecule has 1 spiro atoms. The van der Waals surface area contributed by atoms with Crippen LogP contribution in [0.15, 0.2) is 42.5 Å². The van der Waals surface area contributed by atoms with Gasteiger partial charge in [-0.05, 0) is 54.4 Å². The van der Waals surface area contributed by atoms with E-state index in [9.17, 15) is 18.0 Å². The van der Waals surface area contributed by atoms with Gasteiger partial charge in [0.05, 0.1) is 23.6 Å². The van der Waals surface area contributed by atoms with E-state index in [1.807, 2.05) is 42.5 Å². The molecule has 1 heterocycles. The Labute approximate surface area is 195 Å². The molecule has 0 radical (unpaired) electrons. The normalized spacial score (nSPS) is 40.8. The number of fused-ring (bicyclic) bond motifs is 3. The Hall–Kier alpha value is -2.15. The molecule has 7 heteroatoms. The third-order valence-corrected chi connectivity index (χ3v) is 11.8. The van der Waals surface area contributed by atoms with Crippen LogP contribution in [0.2, 0.25) is 0 Å². The summed E-state index contributed by atoms with van der Waals surface area (Å²) in [7, 11) is -3.71. The summed E-state index contributed by atoms with van der Waals surface area (Å²) in [5.41, 5.74) is 0.436. The highest BCUT2D eigenvalue weighted by Gasteiger charge is 2.73. The van der Waals surface area contributed by atoms with Gasteiger partial charge in [0.1, 0.15) is 6.61 Å². The van der Waals surface area contributed by atoms with Crippen molar-refractivity contribution in [1.29, 1.82) is 0 Å². The first kappa shape index (κ1) is 21.4. The van der Waals surface area contributed by atoms with Gasteiger partial charge in [0.15, 0.2) is 0 Å². The summed E-state index contributed by atoms with van der Waals surface area (Å²) in [4.78, 5) is 27.2. The first-order valence-electron chi connectivity index (χ1n) is 12.1. The van der Waals surface area contributed by atoms with E-state index in [1.54, 1.807) is 0 Å². The molecule has 33 heavy (non-hydrogen) atoms. The molecular formula is C26H31NO5S. The number of allylic oxidation sites excluding steroid dienone is 2. The molecule has 4 bridgehead atoms. The van der Waals surface area contributed by atoms with E-state index in [0.717, 1.165) is 24.8 Å². The average molecular weight is 470 g/mol. The van der Waals surface area contributed by atoms with Gasteiger partial charge in [0, 0.05) is 5.41 Å². The number of benzene rings is 1. The van der Waals surface area contributed by atoms with Crippen molar-refractivity contribution in [3.05, 3.63) is 48.0 Å². The molecule has 1 saturated heterocycles. The van der Waals surface area contributed by atoms with Gasteiger partial charge in [-0.2, -0.15) is 0 Å². The number of hydrogen-bond acceptors (Lipinski definition) is 5. The molecule has 0 aromatic heterocycles. The first-order chi connectivity index (χ1) is 15.7. The fourth-order valence-electron chi connectivity index (χ4n) is 8.03. The van der Waals surface area contributed by atoms with Crippen LogP contribution in [0, 0.1) is 40.4 Å². The summed E-state index contributed by atoms with van der Waals surface area (Å²) in [5, 5.41) is 0. The molecule has 6 rings (SSSR count). The Kier molecular flexibility index (Phi) is 4.50. The topological polar surface area (TPSA) is 80.8 Å². The van der Waals surface area contributed by atoms with Gasteiger partial charge in [-0.15, -0.1) is 0 Å². The fourth-order valence-corrected chi connectivity index (χ4v) is 10.6. The molecule has 1 amide bonds. The van der Waals surface area contributed by atoms with Gasteiger partial charge in [-0.1, -0.05) is 56.3 Å². The second kappa shape index (κ2) is 6.94. The lowest BCUT2D eigenvalue weighted by molar-refractivity contribution is -0.156. The van der Waals surface area contributed by atoms with Gasteiger partial charge in [-0.25, -0.2) is 12.7 Å². The molecular weight excluding hydrogens is 438 g/mol. The lowest BCUT2D eigenvalue weighted by Crippen LogP contribution is -2.49. The Morgan fingerprint density at radius 2 is 1.76 bits per heavy atom. The first-order valence-corrected chi connectivity index (χ1v) is 13.7. The van der Waals surface area contributed by atoms with Gasteiger partial charge < -0.3 is 4.74 Å². The predicted molar refractivity (Wildman–Crippen MR) is 122 cm³/mol. The average Bonchev–Trinajstić information content (AvgIpc) is 3.54. The predicted octanol–water partition coefficient (Wildman–Crippen LogP) is 3.54. The molecule has 1 aromatic rings. The maximum atomic E-state index is 14.0. The van der Waals surface area contributed by atoms with Crippen molar-refractivity contribution in [3.63, 3.8) is 0 Å². The van der Waals surface area contributed by atoms with Crippen LogP contribution in [0.1, 0.15) is 45.1 Å². The van der Waals surface area contributed by atoms with Crippen LogP contribution >= 0.6 is 0 Å². The molecule has 176 valence electrons. The van der Waals surface area contributed by atoms with Gasteiger partial charge in [0.2, 0.25) is 15.9 Å². The van der Waals surface area contributed by atoms with Crippen LogP contribution in [0.3, 0.4) is 0 Å². The van der Waals surface area contributed by atoms with E-state index in [1.165, 1.54) is 4.31 Å². The zero-order valence-electron chi connectivity index (χ0n) is 19.1. The van der Waals surface area contributed by atoms with Crippen molar-refractivity contribution in [2.75, 3.05) is 5.75 Å². The van der Waals surface area contributed by atoms with Gasteiger partial charge in [0.25, 0.3) is 0 Å². The van der Waals surface area contributed by atoms with Gasteiger partial charge >= 0.3 is 5.97 Å². The van der Waals surface area contributed by atoms with Crippen molar-refractivity contribution in [1.82, 2.24) is 4.31 Å². The van der Waals surface area contributed by atoms with Crippen molar-refractivity contribution in [3.8, 4) is 0 Å². The number of carbonyl (C=O) groups is 2. The number of amides is 1. The molecule has 0 N–H and O–H groups in total. The van der Waals surface area contributed by atoms with Crippen molar-refractivity contribution in [2.45, 2.75) is 52.2 Å². The highest BCUT2D eigenvalue weighted by atomic mass is 32.2. The monoisotopic (exact) mass is 469 g/mol. The zero-order valence-corrected chi connectivity index (χ0v) is 20.0. The number of nitrogens with zero attached hydrogens (tertiary/aromatic N) is 1. The highest BCUT2D eigenvalue weighted by Crippen LogP contribution is 2.70. The number of carbonyl (C=O) groups excluding carboxylic acids is 2. The minimum Gasteiger partial charge on any atom is -0.461 e. The van der Waals surface area contributed by atoms with Crippen LogP contribution in [0.5, 0.6) is 0 Å². The minimum absolute atomic E-state index is 0.0552. The van der Waals surface area contributed by atoms with Crippen LogP contribution in [-0.4, -0.2) is 36.4 Å². The molecule has 1 aromatic carbocycles. The Morgan fingerprint density at radius 3 is 2.45 bits per heavy atom. The SMILES string of the molecule is CC1(C)[C@@H]2CC[C@]13CS(=O)(=O)N(C(=O)[C@H]1[C@H](C(=O)OCc4ccccc4)[C@H]4C=C[C@@H]1C4)[C@@H]3C2. The molecule has 7 atom stereocenters. The molecule has 0 unspecified atom stereocenters. The summed E-state index contributed by atoms with van der Waals surface area (Å²) in [5.74, 6) is -1.71. The smallest absolute Gasteiger partial charge is 0.310 e. The largest absolute Gasteiger partial charge is 0.461 e. The number of rotatable bonds is 4. The van der Waals surface area contributed by atoms with Crippen molar-refractivity contribution < 1.29 is 22.7 Å². The molecule has 4 aliphatic carbocycles. The fraction of sp³-hybridized carbons (Fsp3) is 0.615. The summed E-state index contributed by atoms with van der Waals surface area (Å²) in [6.07, 6.45) is 7.35. The highest BCUT2D eigenvalue weighted by molar-refractivity contribution is 7.90. The molecule has 3 saturated carbocycles. The second-order valence-corrected chi connectivity index (χ2v) is 13.2. The van der Waals surface area contributed by atoms with E-state index >= 15 is 0 Å². The number of ether oxygens (including phenoxy) is 1. The summed E-state index contributed by atoms with van der Waals surface area (Å²) < 4.78 is 33.7. The van der Waals surface area contributed by atoms with Crippen LogP contribution in [0.4, 0.5) is 0 Å². The van der Waals surface area contributed by atoms with Crippen molar-refractivity contribution >= 4 is 21.9 Å². The van der Waals surface area contributed by atoms with Crippen LogP contribution in [-0.2, 0) is 31.0 Å². The van der Waals surface area contributed by atoms with E-state index in [0.29, 0.717) is 12.3 Å². The molecule has 4 fully saturated rings. The minimum atomic E-state index is -3.71. The standard InChI is InChI=1S/C26H31NO5S/c1-25(2)19-10-11-26(25)15-33(30,31)27(20(26)13-19)23(28)21-17-8-9-18(12-17)22(21)24(29)32-14-16-6-4-3-5-7-16/h3-9,17-22H,10-15H2,1-2H3/t17-,18+,19-,20-,21-,22-,26-/m1/s1. The van der Waals surface area contributed by atoms with E-state index in [4.69, 9.17) is 4.74 Å². The summed E-state index contributed by atoms with van der Waals surface area (Å²) in [6.45, 7) is 4.51. The van der Waals surface area contributed by atoms with E-state index < -0.39 is 27.8 Å². The quantitative estimate of drug-likeness (QED) is 0.498.